The summed E-state index contributed by atoms with van der Waals surface area (Å²) >= 11 is 0. The summed E-state index contributed by atoms with van der Waals surface area (Å²) in [6.45, 7) is 9.32. The molecule has 1 aromatic carbocycles. The zero-order valence-corrected chi connectivity index (χ0v) is 17.1. The standard InChI is InChI=1S/C23H28N4O/c1-16-7-9-17(10-8-16)14-22(28)26-13-5-6-18(26)19-11-12-24-21-15-20(23(2,3)4)25-27(19)21/h7-12,15,18H,5-6,13-14H2,1-4H3/t18-/m1/s1. The molecule has 0 saturated carbocycles. The number of aromatic nitrogens is 3. The van der Waals surface area contributed by atoms with Gasteiger partial charge in [-0.1, -0.05) is 50.6 Å². The number of rotatable bonds is 3. The van der Waals surface area contributed by atoms with E-state index in [1.54, 1.807) is 0 Å². The van der Waals surface area contributed by atoms with Crippen molar-refractivity contribution >= 4 is 11.6 Å². The van der Waals surface area contributed by atoms with Crippen molar-refractivity contribution < 1.29 is 4.79 Å². The van der Waals surface area contributed by atoms with Gasteiger partial charge in [0.05, 0.1) is 23.9 Å². The summed E-state index contributed by atoms with van der Waals surface area (Å²) in [6, 6.07) is 12.3. The van der Waals surface area contributed by atoms with Crippen LogP contribution in [0.3, 0.4) is 0 Å². The molecule has 1 aliphatic rings. The molecule has 1 fully saturated rings. The molecule has 1 aliphatic heterocycles. The van der Waals surface area contributed by atoms with E-state index >= 15 is 0 Å². The Morgan fingerprint density at radius 3 is 2.64 bits per heavy atom. The second kappa shape index (κ2) is 7.04. The fourth-order valence-corrected chi connectivity index (χ4v) is 3.89. The number of likely N-dealkylation sites (tertiary alicyclic amines) is 1. The number of amides is 1. The van der Waals surface area contributed by atoms with E-state index in [-0.39, 0.29) is 17.4 Å². The Morgan fingerprint density at radius 2 is 1.93 bits per heavy atom. The molecular weight excluding hydrogens is 348 g/mol. The van der Waals surface area contributed by atoms with Crippen LogP contribution in [0.4, 0.5) is 0 Å². The summed E-state index contributed by atoms with van der Waals surface area (Å²) in [4.78, 5) is 19.6. The lowest BCUT2D eigenvalue weighted by Gasteiger charge is -2.25. The highest BCUT2D eigenvalue weighted by molar-refractivity contribution is 5.79. The molecule has 0 unspecified atom stereocenters. The molecule has 28 heavy (non-hydrogen) atoms. The Labute approximate surface area is 166 Å². The molecule has 0 bridgehead atoms. The summed E-state index contributed by atoms with van der Waals surface area (Å²) in [6.07, 6.45) is 4.25. The second-order valence-electron chi connectivity index (χ2n) is 8.83. The minimum absolute atomic E-state index is 0.0401. The molecule has 2 aromatic heterocycles. The van der Waals surface area contributed by atoms with Crippen LogP contribution in [-0.2, 0) is 16.6 Å². The summed E-state index contributed by atoms with van der Waals surface area (Å²) in [5.74, 6) is 0.180. The van der Waals surface area contributed by atoms with Crippen molar-refractivity contribution in [2.75, 3.05) is 6.54 Å². The first kappa shape index (κ1) is 18.7. The summed E-state index contributed by atoms with van der Waals surface area (Å²) in [7, 11) is 0. The third-order valence-corrected chi connectivity index (χ3v) is 5.55. The van der Waals surface area contributed by atoms with Crippen LogP contribution in [0.5, 0.6) is 0 Å². The lowest BCUT2D eigenvalue weighted by Crippen LogP contribution is -2.32. The first-order valence-corrected chi connectivity index (χ1v) is 10.0. The number of carbonyl (C=O) groups is 1. The highest BCUT2D eigenvalue weighted by atomic mass is 16.2. The number of nitrogens with zero attached hydrogens (tertiary/aromatic N) is 4. The predicted octanol–water partition coefficient (Wildman–Crippen LogP) is 4.24. The average molecular weight is 377 g/mol. The van der Waals surface area contributed by atoms with E-state index in [9.17, 15) is 4.79 Å². The highest BCUT2D eigenvalue weighted by Gasteiger charge is 2.32. The molecule has 5 heteroatoms. The zero-order valence-electron chi connectivity index (χ0n) is 17.1. The minimum atomic E-state index is -0.0401. The number of benzene rings is 1. The van der Waals surface area contributed by atoms with Gasteiger partial charge in [0.25, 0.3) is 0 Å². The molecule has 3 heterocycles. The van der Waals surface area contributed by atoms with E-state index in [0.717, 1.165) is 42.0 Å². The van der Waals surface area contributed by atoms with E-state index in [2.05, 4.69) is 50.9 Å². The smallest absolute Gasteiger partial charge is 0.227 e. The van der Waals surface area contributed by atoms with Crippen molar-refractivity contribution in [3.8, 4) is 0 Å². The van der Waals surface area contributed by atoms with E-state index in [0.29, 0.717) is 6.42 Å². The number of hydrogen-bond donors (Lipinski definition) is 0. The topological polar surface area (TPSA) is 50.5 Å². The number of carbonyl (C=O) groups excluding carboxylic acids is 1. The van der Waals surface area contributed by atoms with Gasteiger partial charge in [-0.3, -0.25) is 4.79 Å². The fraction of sp³-hybridized carbons (Fsp3) is 0.435. The van der Waals surface area contributed by atoms with Crippen LogP contribution in [0.25, 0.3) is 5.65 Å². The molecule has 1 atom stereocenters. The monoisotopic (exact) mass is 376 g/mol. The van der Waals surface area contributed by atoms with E-state index < -0.39 is 0 Å². The molecule has 0 N–H and O–H groups in total. The van der Waals surface area contributed by atoms with Gasteiger partial charge >= 0.3 is 0 Å². The Hall–Kier alpha value is -2.69. The van der Waals surface area contributed by atoms with E-state index in [4.69, 9.17) is 5.10 Å². The maximum Gasteiger partial charge on any atom is 0.227 e. The van der Waals surface area contributed by atoms with Crippen LogP contribution in [0.15, 0.2) is 42.6 Å². The normalized spacial score (nSPS) is 17.4. The highest BCUT2D eigenvalue weighted by Crippen LogP contribution is 2.33. The molecule has 146 valence electrons. The summed E-state index contributed by atoms with van der Waals surface area (Å²) < 4.78 is 1.93. The SMILES string of the molecule is Cc1ccc(CC(=O)N2CCC[C@@H]2c2ccnc3cc(C(C)(C)C)nn23)cc1. The number of aryl methyl sites for hydroxylation is 1. The maximum atomic E-state index is 13.1. The predicted molar refractivity (Wildman–Crippen MR) is 110 cm³/mol. The second-order valence-corrected chi connectivity index (χ2v) is 8.83. The van der Waals surface area contributed by atoms with Gasteiger partial charge in [0.15, 0.2) is 5.65 Å². The third kappa shape index (κ3) is 3.53. The van der Waals surface area contributed by atoms with Crippen molar-refractivity contribution in [3.63, 3.8) is 0 Å². The summed E-state index contributed by atoms with van der Waals surface area (Å²) in [5.41, 5.74) is 5.15. The molecule has 5 nitrogen and oxygen atoms in total. The molecule has 1 saturated heterocycles. The molecule has 0 aliphatic carbocycles. The lowest BCUT2D eigenvalue weighted by molar-refractivity contribution is -0.131. The van der Waals surface area contributed by atoms with Gasteiger partial charge in [0, 0.05) is 24.2 Å². The van der Waals surface area contributed by atoms with Crippen LogP contribution in [0.1, 0.15) is 62.2 Å². The molecule has 1 amide bonds. The number of fused-ring (bicyclic) bond motifs is 1. The molecule has 3 aromatic rings. The van der Waals surface area contributed by atoms with Gasteiger partial charge in [0.1, 0.15) is 0 Å². The maximum absolute atomic E-state index is 13.1. The van der Waals surface area contributed by atoms with Crippen LogP contribution in [0.2, 0.25) is 0 Å². The lowest BCUT2D eigenvalue weighted by atomic mass is 9.93. The first-order chi connectivity index (χ1) is 13.3. The Kier molecular flexibility index (Phi) is 4.69. The average Bonchev–Trinajstić information content (AvgIpc) is 3.30. The Bertz CT molecular complexity index is 998. The van der Waals surface area contributed by atoms with Crippen molar-refractivity contribution in [1.29, 1.82) is 0 Å². The molecule has 0 spiro atoms. The molecule has 4 rings (SSSR count). The summed E-state index contributed by atoms with van der Waals surface area (Å²) in [5, 5.41) is 4.83. The van der Waals surface area contributed by atoms with Crippen LogP contribution >= 0.6 is 0 Å². The minimum Gasteiger partial charge on any atom is -0.334 e. The van der Waals surface area contributed by atoms with Crippen LogP contribution < -0.4 is 0 Å². The van der Waals surface area contributed by atoms with Crippen molar-refractivity contribution in [2.24, 2.45) is 0 Å². The van der Waals surface area contributed by atoms with Crippen LogP contribution in [0, 0.1) is 6.92 Å². The van der Waals surface area contributed by atoms with Crippen molar-refractivity contribution in [2.45, 2.75) is 58.4 Å². The van der Waals surface area contributed by atoms with Gasteiger partial charge in [-0.05, 0) is 31.4 Å². The number of hydrogen-bond acceptors (Lipinski definition) is 3. The van der Waals surface area contributed by atoms with E-state index in [1.165, 1.54) is 5.56 Å². The molecule has 0 radical (unpaired) electrons. The van der Waals surface area contributed by atoms with Gasteiger partial charge < -0.3 is 4.90 Å². The van der Waals surface area contributed by atoms with Gasteiger partial charge in [-0.25, -0.2) is 9.50 Å². The molecular formula is C23H28N4O. The van der Waals surface area contributed by atoms with Crippen molar-refractivity contribution in [3.05, 3.63) is 65.1 Å². The van der Waals surface area contributed by atoms with Crippen molar-refractivity contribution in [1.82, 2.24) is 19.5 Å². The Balaban J connectivity index is 1.63. The van der Waals surface area contributed by atoms with Gasteiger partial charge in [-0.2, -0.15) is 5.10 Å². The fourth-order valence-electron chi connectivity index (χ4n) is 3.89. The largest absolute Gasteiger partial charge is 0.334 e. The van der Waals surface area contributed by atoms with E-state index in [1.807, 2.05) is 33.8 Å². The Morgan fingerprint density at radius 1 is 1.18 bits per heavy atom. The van der Waals surface area contributed by atoms with Gasteiger partial charge in [-0.15, -0.1) is 0 Å². The zero-order chi connectivity index (χ0) is 19.9. The first-order valence-electron chi connectivity index (χ1n) is 10.0. The van der Waals surface area contributed by atoms with Crippen LogP contribution in [-0.4, -0.2) is 31.9 Å². The van der Waals surface area contributed by atoms with Gasteiger partial charge in [0.2, 0.25) is 5.91 Å². The quantitative estimate of drug-likeness (QED) is 0.687. The third-order valence-electron chi connectivity index (χ3n) is 5.55.